The maximum Gasteiger partial charge on any atom is 0.239 e. The van der Waals surface area contributed by atoms with Crippen LogP contribution in [-0.2, 0) is 4.79 Å². The van der Waals surface area contributed by atoms with Crippen molar-refractivity contribution in [2.75, 3.05) is 19.6 Å². The van der Waals surface area contributed by atoms with E-state index in [1.165, 1.54) is 0 Å². The number of nitrogens with zero attached hydrogens (tertiary/aromatic N) is 1. The zero-order chi connectivity index (χ0) is 10.8. The molecule has 0 spiro atoms. The number of aliphatic hydroxyl groups is 1. The predicted octanol–water partition coefficient (Wildman–Crippen LogP) is -0.0323. The van der Waals surface area contributed by atoms with Gasteiger partial charge in [0.1, 0.15) is 0 Å². The molecular weight excluding hydrogens is 192 g/mol. The topological polar surface area (TPSA) is 52.6 Å². The van der Waals surface area contributed by atoms with Crippen molar-refractivity contribution in [1.29, 1.82) is 0 Å². The molecule has 0 radical (unpaired) electrons. The molecule has 0 aromatic rings. The number of aliphatic hydroxyl groups excluding tert-OH is 1. The number of hydrogen-bond acceptors (Lipinski definition) is 3. The largest absolute Gasteiger partial charge is 0.393 e. The van der Waals surface area contributed by atoms with E-state index >= 15 is 0 Å². The first-order chi connectivity index (χ1) is 7.18. The van der Waals surface area contributed by atoms with Gasteiger partial charge in [-0.3, -0.25) is 4.79 Å². The Bertz CT molecular complexity index is 239. The number of likely N-dealkylation sites (tertiary alicyclic amines) is 1. The molecule has 2 N–H and O–H groups in total. The molecule has 2 fully saturated rings. The van der Waals surface area contributed by atoms with Crippen molar-refractivity contribution >= 4 is 5.91 Å². The highest BCUT2D eigenvalue weighted by atomic mass is 16.3. The van der Waals surface area contributed by atoms with Crippen molar-refractivity contribution in [3.8, 4) is 0 Å². The van der Waals surface area contributed by atoms with Crippen LogP contribution in [0.5, 0.6) is 0 Å². The maximum absolute atomic E-state index is 12.0. The van der Waals surface area contributed by atoms with E-state index in [0.717, 1.165) is 25.8 Å². The lowest BCUT2D eigenvalue weighted by atomic mass is 9.96. The molecule has 0 saturated carbocycles. The molecule has 0 aromatic heterocycles. The van der Waals surface area contributed by atoms with Gasteiger partial charge >= 0.3 is 0 Å². The summed E-state index contributed by atoms with van der Waals surface area (Å²) in [6.07, 6.45) is 2.56. The maximum atomic E-state index is 12.0. The van der Waals surface area contributed by atoms with E-state index in [0.29, 0.717) is 13.1 Å². The minimum absolute atomic E-state index is 0.0347. The molecule has 0 unspecified atom stereocenters. The molecule has 2 aliphatic heterocycles. The van der Waals surface area contributed by atoms with Crippen LogP contribution in [-0.4, -0.2) is 47.7 Å². The Hall–Kier alpha value is -0.610. The smallest absolute Gasteiger partial charge is 0.239 e. The van der Waals surface area contributed by atoms with Gasteiger partial charge in [-0.1, -0.05) is 6.92 Å². The highest BCUT2D eigenvalue weighted by molar-refractivity contribution is 5.82. The lowest BCUT2D eigenvalue weighted by molar-refractivity contribution is -0.136. The standard InChI is InChI=1S/C11H20N2O2/c1-8-7-13(6-4-10(8)14)11(15)9-3-2-5-12-9/h8-10,12,14H,2-7H2,1H3/t8-,9+,10-/m1/s1. The van der Waals surface area contributed by atoms with Crippen LogP contribution in [0.3, 0.4) is 0 Å². The predicted molar refractivity (Wildman–Crippen MR) is 57.4 cm³/mol. The fourth-order valence-electron chi connectivity index (χ4n) is 2.45. The molecule has 1 amide bonds. The quantitative estimate of drug-likeness (QED) is 0.641. The second kappa shape index (κ2) is 4.49. The summed E-state index contributed by atoms with van der Waals surface area (Å²) >= 11 is 0. The fourth-order valence-corrected chi connectivity index (χ4v) is 2.45. The van der Waals surface area contributed by atoms with Crippen molar-refractivity contribution in [2.24, 2.45) is 5.92 Å². The lowest BCUT2D eigenvalue weighted by Gasteiger charge is -2.35. The molecule has 15 heavy (non-hydrogen) atoms. The highest BCUT2D eigenvalue weighted by Gasteiger charge is 2.32. The first-order valence-corrected chi connectivity index (χ1v) is 5.88. The van der Waals surface area contributed by atoms with Crippen LogP contribution in [0.4, 0.5) is 0 Å². The minimum Gasteiger partial charge on any atom is -0.393 e. The molecular formula is C11H20N2O2. The zero-order valence-electron chi connectivity index (χ0n) is 9.28. The van der Waals surface area contributed by atoms with Crippen LogP contribution < -0.4 is 5.32 Å². The Morgan fingerprint density at radius 1 is 1.47 bits per heavy atom. The van der Waals surface area contributed by atoms with Gasteiger partial charge in [0.25, 0.3) is 0 Å². The van der Waals surface area contributed by atoms with Gasteiger partial charge in [-0.15, -0.1) is 0 Å². The van der Waals surface area contributed by atoms with Gasteiger partial charge in [-0.2, -0.15) is 0 Å². The number of piperidine rings is 1. The summed E-state index contributed by atoms with van der Waals surface area (Å²) in [6.45, 7) is 4.38. The Balaban J connectivity index is 1.90. The molecule has 2 rings (SSSR count). The summed E-state index contributed by atoms with van der Waals surface area (Å²) in [5.41, 5.74) is 0. The van der Waals surface area contributed by atoms with Crippen LogP contribution in [0.2, 0.25) is 0 Å². The molecule has 0 aromatic carbocycles. The molecule has 4 heteroatoms. The van der Waals surface area contributed by atoms with E-state index in [1.54, 1.807) is 0 Å². The molecule has 0 bridgehead atoms. The van der Waals surface area contributed by atoms with E-state index in [-0.39, 0.29) is 24.0 Å². The summed E-state index contributed by atoms with van der Waals surface area (Å²) in [7, 11) is 0. The third-order valence-electron chi connectivity index (χ3n) is 3.53. The average molecular weight is 212 g/mol. The normalized spacial score (nSPS) is 36.9. The van der Waals surface area contributed by atoms with Gasteiger partial charge in [-0.05, 0) is 31.7 Å². The van der Waals surface area contributed by atoms with Gasteiger partial charge in [-0.25, -0.2) is 0 Å². The SMILES string of the molecule is C[C@@H]1CN(C(=O)[C@@H]2CCCN2)CC[C@H]1O. The van der Waals surface area contributed by atoms with Crippen LogP contribution in [0.15, 0.2) is 0 Å². The van der Waals surface area contributed by atoms with Crippen molar-refractivity contribution in [1.82, 2.24) is 10.2 Å². The third kappa shape index (κ3) is 2.32. The lowest BCUT2D eigenvalue weighted by Crippen LogP contribution is -2.50. The van der Waals surface area contributed by atoms with Crippen molar-refractivity contribution in [2.45, 2.75) is 38.3 Å². The second-order valence-corrected chi connectivity index (χ2v) is 4.77. The summed E-state index contributed by atoms with van der Waals surface area (Å²) < 4.78 is 0. The molecule has 3 atom stereocenters. The Kier molecular flexibility index (Phi) is 3.26. The van der Waals surface area contributed by atoms with E-state index in [4.69, 9.17) is 0 Å². The van der Waals surface area contributed by atoms with Gasteiger partial charge in [0.2, 0.25) is 5.91 Å². The number of carbonyl (C=O) groups is 1. The van der Waals surface area contributed by atoms with Crippen molar-refractivity contribution < 1.29 is 9.90 Å². The molecule has 4 nitrogen and oxygen atoms in total. The molecule has 0 aliphatic carbocycles. The third-order valence-corrected chi connectivity index (χ3v) is 3.53. The van der Waals surface area contributed by atoms with Gasteiger partial charge in [0.05, 0.1) is 12.1 Å². The zero-order valence-corrected chi connectivity index (χ0v) is 9.28. The van der Waals surface area contributed by atoms with Crippen molar-refractivity contribution in [3.05, 3.63) is 0 Å². The van der Waals surface area contributed by atoms with Crippen LogP contribution in [0.25, 0.3) is 0 Å². The van der Waals surface area contributed by atoms with Gasteiger partial charge < -0.3 is 15.3 Å². The summed E-state index contributed by atoms with van der Waals surface area (Å²) in [4.78, 5) is 13.9. The highest BCUT2D eigenvalue weighted by Crippen LogP contribution is 2.18. The van der Waals surface area contributed by atoms with Gasteiger partial charge in [0.15, 0.2) is 0 Å². The number of carbonyl (C=O) groups excluding carboxylic acids is 1. The van der Waals surface area contributed by atoms with Crippen molar-refractivity contribution in [3.63, 3.8) is 0 Å². The number of nitrogens with one attached hydrogen (secondary N) is 1. The monoisotopic (exact) mass is 212 g/mol. The van der Waals surface area contributed by atoms with Gasteiger partial charge in [0, 0.05) is 13.1 Å². The average Bonchev–Trinajstić information content (AvgIpc) is 2.74. The van der Waals surface area contributed by atoms with Crippen LogP contribution in [0, 0.1) is 5.92 Å². The van der Waals surface area contributed by atoms with E-state index in [1.807, 2.05) is 11.8 Å². The van der Waals surface area contributed by atoms with E-state index in [9.17, 15) is 9.90 Å². The number of hydrogen-bond donors (Lipinski definition) is 2. The molecule has 2 saturated heterocycles. The molecule has 2 heterocycles. The molecule has 2 aliphatic rings. The Morgan fingerprint density at radius 2 is 2.27 bits per heavy atom. The minimum atomic E-state index is -0.231. The second-order valence-electron chi connectivity index (χ2n) is 4.77. The van der Waals surface area contributed by atoms with E-state index in [2.05, 4.69) is 5.32 Å². The Morgan fingerprint density at radius 3 is 2.87 bits per heavy atom. The first-order valence-electron chi connectivity index (χ1n) is 5.88. The summed E-state index contributed by atoms with van der Waals surface area (Å²) in [6, 6.07) is 0.0347. The summed E-state index contributed by atoms with van der Waals surface area (Å²) in [5.74, 6) is 0.440. The first kappa shape index (κ1) is 10.9. The number of rotatable bonds is 1. The fraction of sp³-hybridized carbons (Fsp3) is 0.909. The summed E-state index contributed by atoms with van der Waals surface area (Å²) in [5, 5.41) is 12.8. The van der Waals surface area contributed by atoms with Crippen LogP contribution >= 0.6 is 0 Å². The Labute approximate surface area is 90.6 Å². The van der Waals surface area contributed by atoms with Crippen LogP contribution in [0.1, 0.15) is 26.2 Å². The van der Waals surface area contributed by atoms with E-state index < -0.39 is 0 Å². The number of amides is 1. The molecule has 86 valence electrons.